The Morgan fingerprint density at radius 2 is 2.31 bits per heavy atom. The molecular weight excluding hydrogens is 289 g/mol. The van der Waals surface area contributed by atoms with E-state index >= 15 is 0 Å². The highest BCUT2D eigenvalue weighted by molar-refractivity contribution is 14.2. The molecule has 1 aromatic rings. The average Bonchev–Trinajstić information content (AvgIpc) is 2.18. The topological polar surface area (TPSA) is 25.8 Å². The summed E-state index contributed by atoms with van der Waals surface area (Å²) in [6.07, 6.45) is 2.01. The molecule has 72 valence electrons. The van der Waals surface area contributed by atoms with Crippen molar-refractivity contribution in [2.45, 2.75) is 17.3 Å². The molecule has 0 unspecified atom stereocenters. The number of alkyl halides is 3. The highest BCUT2D eigenvalue weighted by Crippen LogP contribution is 2.35. The fourth-order valence-electron chi connectivity index (χ4n) is 0.789. The van der Waals surface area contributed by atoms with Gasteiger partial charge in [-0.15, -0.1) is 0 Å². The minimum atomic E-state index is -2.90. The van der Waals surface area contributed by atoms with Crippen molar-refractivity contribution in [3.8, 4) is 0 Å². The Bertz CT molecular complexity index is 315. The maximum absolute atomic E-state index is 13.1. The van der Waals surface area contributed by atoms with Gasteiger partial charge >= 0.3 is 3.93 Å². The molecule has 0 aliphatic carbocycles. The lowest BCUT2D eigenvalue weighted by molar-refractivity contribution is 0.116. The average molecular weight is 298 g/mol. The Hall–Kier alpha value is -0.460. The van der Waals surface area contributed by atoms with Crippen molar-refractivity contribution in [2.75, 3.05) is 0 Å². The first-order valence-corrected chi connectivity index (χ1v) is 6.30. The van der Waals surface area contributed by atoms with Gasteiger partial charge in [0.2, 0.25) is 5.82 Å². The van der Waals surface area contributed by atoms with Crippen LogP contribution in [0.5, 0.6) is 0 Å². The predicted octanol–water partition coefficient (Wildman–Crippen LogP) is 2.49. The zero-order valence-corrected chi connectivity index (χ0v) is 9.25. The van der Waals surface area contributed by atoms with E-state index in [9.17, 15) is 8.78 Å². The number of hydrogen-bond acceptors (Lipinski definition) is 2. The highest BCUT2D eigenvalue weighted by atomic mass is 127. The van der Waals surface area contributed by atoms with E-state index in [0.717, 1.165) is 0 Å². The first-order chi connectivity index (χ1) is 6.10. The Kier molecular flexibility index (Phi) is 3.40. The van der Waals surface area contributed by atoms with Crippen molar-refractivity contribution in [1.29, 1.82) is 0 Å². The third-order valence-corrected chi connectivity index (χ3v) is 2.94. The van der Waals surface area contributed by atoms with E-state index in [-0.39, 0.29) is 5.82 Å². The largest absolute Gasteiger partial charge is 0.349 e. The molecule has 0 radical (unpaired) electrons. The lowest BCUT2D eigenvalue weighted by Crippen LogP contribution is -2.10. The molecule has 0 amide bonds. The van der Waals surface area contributed by atoms with Crippen LogP contribution >= 0.6 is 20.7 Å². The van der Waals surface area contributed by atoms with Crippen molar-refractivity contribution >= 4 is 25.2 Å². The van der Waals surface area contributed by atoms with E-state index in [4.69, 9.17) is 0 Å². The van der Waals surface area contributed by atoms with Crippen LogP contribution in [0.2, 0.25) is 0 Å². The van der Waals surface area contributed by atoms with Crippen molar-refractivity contribution in [3.63, 3.8) is 0 Å². The highest BCUT2D eigenvalue weighted by Gasteiger charge is 2.31. The fourth-order valence-corrected chi connectivity index (χ4v) is 1.39. The first kappa shape index (κ1) is 10.6. The summed E-state index contributed by atoms with van der Waals surface area (Å²) in [7, 11) is 0. The molecule has 0 spiro atoms. The number of halogens is 3. The summed E-state index contributed by atoms with van der Waals surface area (Å²) in [5.74, 6) is -0.380. The van der Waals surface area contributed by atoms with Gasteiger partial charge in [0.05, 0.1) is 0 Å². The van der Waals surface area contributed by atoms with E-state index in [1.54, 1.807) is 6.07 Å². The molecule has 2 nitrogen and oxygen atoms in total. The molecule has 0 bridgehead atoms. The van der Waals surface area contributed by atoms with Gasteiger partial charge in [0, 0.05) is 11.9 Å². The third-order valence-electron chi connectivity index (χ3n) is 1.50. The van der Waals surface area contributed by atoms with Crippen LogP contribution in [0.15, 0.2) is 12.3 Å². The molecule has 0 atom stereocenters. The molecule has 0 aliphatic heterocycles. The SMILES string of the molecule is C=IC(F)(F)c1nccc(CC)n1. The summed E-state index contributed by atoms with van der Waals surface area (Å²) in [5.41, 5.74) is 0.641. The van der Waals surface area contributed by atoms with Gasteiger partial charge in [0.1, 0.15) is 0 Å². The van der Waals surface area contributed by atoms with Gasteiger partial charge in [-0.2, -0.15) is 8.78 Å². The van der Waals surface area contributed by atoms with E-state index in [1.807, 2.05) is 6.92 Å². The second-order valence-electron chi connectivity index (χ2n) is 2.36. The number of hydrogen-bond donors (Lipinski definition) is 0. The van der Waals surface area contributed by atoms with Crippen molar-refractivity contribution in [1.82, 2.24) is 9.97 Å². The smallest absolute Gasteiger partial charge is 0.235 e. The standard InChI is InChI=1S/C8H9F2IN2/c1-3-6-4-5-12-7(13-6)8(9,10)11-2/h4-5H,2-3H2,1H3. The first-order valence-electron chi connectivity index (χ1n) is 3.70. The lowest BCUT2D eigenvalue weighted by atomic mass is 10.3. The molecule has 0 aromatic carbocycles. The Labute approximate surface area is 85.2 Å². The maximum Gasteiger partial charge on any atom is 0.349 e. The molecule has 0 saturated carbocycles. The molecule has 5 heteroatoms. The number of aromatic nitrogens is 2. The Morgan fingerprint density at radius 1 is 1.62 bits per heavy atom. The van der Waals surface area contributed by atoms with Gasteiger partial charge in [-0.05, 0) is 33.2 Å². The molecule has 0 N–H and O–H groups in total. The van der Waals surface area contributed by atoms with Gasteiger partial charge in [-0.3, -0.25) is 0 Å². The lowest BCUT2D eigenvalue weighted by Gasteiger charge is -2.08. The van der Waals surface area contributed by atoms with E-state index in [1.165, 1.54) is 6.20 Å². The molecule has 0 aliphatic rings. The molecule has 13 heavy (non-hydrogen) atoms. The number of rotatable bonds is 3. The molecule has 1 rings (SSSR count). The van der Waals surface area contributed by atoms with Crippen molar-refractivity contribution in [2.24, 2.45) is 0 Å². The quantitative estimate of drug-likeness (QED) is 0.633. The van der Waals surface area contributed by atoms with Crippen LogP contribution in [0, 0.1) is 0 Å². The normalized spacial score (nSPS) is 11.6. The van der Waals surface area contributed by atoms with Crippen LogP contribution in [0.1, 0.15) is 18.4 Å². The number of nitrogens with zero attached hydrogens (tertiary/aromatic N) is 2. The summed E-state index contributed by atoms with van der Waals surface area (Å²) in [6.45, 7) is 1.86. The van der Waals surface area contributed by atoms with Crippen LogP contribution in [0.3, 0.4) is 0 Å². The third kappa shape index (κ3) is 2.49. The Balaban J connectivity index is 3.08. The molecule has 0 saturated heterocycles. The van der Waals surface area contributed by atoms with E-state index in [0.29, 0.717) is 12.1 Å². The monoisotopic (exact) mass is 298 g/mol. The second kappa shape index (κ2) is 4.17. The predicted molar refractivity (Wildman–Crippen MR) is 56.4 cm³/mol. The zero-order valence-electron chi connectivity index (χ0n) is 7.10. The minimum absolute atomic E-state index is 0.380. The van der Waals surface area contributed by atoms with Crippen LogP contribution < -0.4 is 0 Å². The van der Waals surface area contributed by atoms with Crippen molar-refractivity contribution in [3.05, 3.63) is 23.8 Å². The van der Waals surface area contributed by atoms with Crippen LogP contribution in [-0.4, -0.2) is 14.5 Å². The molecule has 0 fully saturated rings. The fraction of sp³-hybridized carbons (Fsp3) is 0.375. The summed E-state index contributed by atoms with van der Waals surface area (Å²) in [4.78, 5) is 7.32. The number of aryl methyl sites for hydroxylation is 1. The maximum atomic E-state index is 13.1. The molecule has 1 heterocycles. The van der Waals surface area contributed by atoms with Gasteiger partial charge in [0.25, 0.3) is 0 Å². The molecular formula is C8H9F2IN2. The van der Waals surface area contributed by atoms with Crippen LogP contribution in [-0.2, 0) is 10.4 Å². The summed E-state index contributed by atoms with van der Waals surface area (Å²) < 4.78 is 26.5. The minimum Gasteiger partial charge on any atom is -0.235 e. The zero-order chi connectivity index (χ0) is 9.90. The van der Waals surface area contributed by atoms with Crippen LogP contribution in [0.25, 0.3) is 0 Å². The summed E-state index contributed by atoms with van der Waals surface area (Å²) in [5, 5.41) is 0. The van der Waals surface area contributed by atoms with E-state index in [2.05, 4.69) is 14.5 Å². The Morgan fingerprint density at radius 3 is 2.85 bits per heavy atom. The van der Waals surface area contributed by atoms with E-state index < -0.39 is 24.7 Å². The second-order valence-corrected chi connectivity index (χ2v) is 4.47. The van der Waals surface area contributed by atoms with Gasteiger partial charge in [-0.25, -0.2) is 9.97 Å². The van der Waals surface area contributed by atoms with Gasteiger partial charge in [-0.1, -0.05) is 11.4 Å². The van der Waals surface area contributed by atoms with Gasteiger partial charge < -0.3 is 0 Å². The van der Waals surface area contributed by atoms with Crippen LogP contribution in [0.4, 0.5) is 8.78 Å². The van der Waals surface area contributed by atoms with Crippen molar-refractivity contribution < 1.29 is 8.78 Å². The molecule has 1 aromatic heterocycles. The summed E-state index contributed by atoms with van der Waals surface area (Å²) >= 11 is -1.44. The summed E-state index contributed by atoms with van der Waals surface area (Å²) in [6, 6.07) is 1.64. The van der Waals surface area contributed by atoms with Gasteiger partial charge in [0.15, 0.2) is 0 Å².